The van der Waals surface area contributed by atoms with E-state index in [9.17, 15) is 4.79 Å². The average molecular weight is 347 g/mol. The van der Waals surface area contributed by atoms with Gasteiger partial charge in [-0.25, -0.2) is 4.79 Å². The van der Waals surface area contributed by atoms with E-state index in [1.807, 2.05) is 69.3 Å². The number of hydrogen-bond donors (Lipinski definition) is 2. The molecule has 4 nitrogen and oxygen atoms in total. The van der Waals surface area contributed by atoms with Gasteiger partial charge in [0.15, 0.2) is 0 Å². The zero-order valence-corrected chi connectivity index (χ0v) is 15.1. The van der Waals surface area contributed by atoms with Gasteiger partial charge in [-0.3, -0.25) is 5.32 Å². The normalized spacial score (nSPS) is 12.4. The summed E-state index contributed by atoms with van der Waals surface area (Å²) in [6, 6.07) is 15.4. The van der Waals surface area contributed by atoms with Crippen molar-refractivity contribution < 1.29 is 9.53 Å². The Kier molecular flexibility index (Phi) is 5.73. The number of carbonyl (C=O) groups excluding carboxylic acids is 1. The number of ether oxygens (including phenoxy) is 1. The highest BCUT2D eigenvalue weighted by Gasteiger charge is 2.16. The van der Waals surface area contributed by atoms with Crippen LogP contribution in [0.1, 0.15) is 39.3 Å². The molecule has 2 aromatic carbocycles. The molecule has 0 aliphatic carbocycles. The predicted octanol–water partition coefficient (Wildman–Crippen LogP) is 5.86. The molecule has 0 aromatic heterocycles. The van der Waals surface area contributed by atoms with E-state index in [1.54, 1.807) is 0 Å². The van der Waals surface area contributed by atoms with Gasteiger partial charge in [-0.05, 0) is 63.6 Å². The van der Waals surface area contributed by atoms with Crippen LogP contribution in [0.25, 0.3) is 0 Å². The monoisotopic (exact) mass is 346 g/mol. The van der Waals surface area contributed by atoms with Crippen molar-refractivity contribution in [3.05, 3.63) is 59.1 Å². The van der Waals surface area contributed by atoms with Crippen molar-refractivity contribution in [3.8, 4) is 0 Å². The molecule has 0 aliphatic heterocycles. The van der Waals surface area contributed by atoms with E-state index in [0.29, 0.717) is 5.69 Å². The number of rotatable bonds is 4. The van der Waals surface area contributed by atoms with Crippen LogP contribution in [-0.2, 0) is 4.74 Å². The largest absolute Gasteiger partial charge is 0.444 e. The minimum Gasteiger partial charge on any atom is -0.444 e. The third kappa shape index (κ3) is 5.78. The van der Waals surface area contributed by atoms with Gasteiger partial charge in [0.1, 0.15) is 5.60 Å². The quantitative estimate of drug-likeness (QED) is 0.728. The molecule has 2 aromatic rings. The molecule has 2 N–H and O–H groups in total. The molecule has 0 saturated carbocycles. The molecule has 2 rings (SSSR count). The van der Waals surface area contributed by atoms with Crippen molar-refractivity contribution in [3.63, 3.8) is 0 Å². The minimum absolute atomic E-state index is 0.110. The minimum atomic E-state index is -0.525. The third-order valence-electron chi connectivity index (χ3n) is 3.26. The Morgan fingerprint density at radius 1 is 1.08 bits per heavy atom. The molecule has 0 spiro atoms. The van der Waals surface area contributed by atoms with Gasteiger partial charge >= 0.3 is 6.09 Å². The molecule has 24 heavy (non-hydrogen) atoms. The summed E-state index contributed by atoms with van der Waals surface area (Å²) in [7, 11) is 0. The van der Waals surface area contributed by atoms with E-state index in [2.05, 4.69) is 17.6 Å². The zero-order valence-electron chi connectivity index (χ0n) is 14.4. The van der Waals surface area contributed by atoms with Gasteiger partial charge in [0.25, 0.3) is 0 Å². The lowest BCUT2D eigenvalue weighted by atomic mass is 10.1. The summed E-state index contributed by atoms with van der Waals surface area (Å²) in [6.45, 7) is 7.56. The summed E-state index contributed by atoms with van der Waals surface area (Å²) in [6.07, 6.45) is -0.467. The van der Waals surface area contributed by atoms with Crippen molar-refractivity contribution in [2.45, 2.75) is 39.3 Å². The summed E-state index contributed by atoms with van der Waals surface area (Å²) in [5.74, 6) is 0. The summed E-state index contributed by atoms with van der Waals surface area (Å²) in [5, 5.41) is 6.86. The van der Waals surface area contributed by atoms with Crippen molar-refractivity contribution in [1.82, 2.24) is 0 Å². The molecule has 1 atom stereocenters. The van der Waals surface area contributed by atoms with E-state index in [-0.39, 0.29) is 6.04 Å². The maximum Gasteiger partial charge on any atom is 0.412 e. The first kappa shape index (κ1) is 18.1. The average Bonchev–Trinajstić information content (AvgIpc) is 2.46. The fourth-order valence-corrected chi connectivity index (χ4v) is 2.32. The maximum absolute atomic E-state index is 11.8. The Morgan fingerprint density at radius 2 is 1.71 bits per heavy atom. The van der Waals surface area contributed by atoms with Crippen molar-refractivity contribution in [2.75, 3.05) is 10.6 Å². The van der Waals surface area contributed by atoms with Crippen LogP contribution >= 0.6 is 11.6 Å². The van der Waals surface area contributed by atoms with Gasteiger partial charge in [0.2, 0.25) is 0 Å². The van der Waals surface area contributed by atoms with Crippen molar-refractivity contribution >= 4 is 29.1 Å². The molecule has 0 fully saturated rings. The van der Waals surface area contributed by atoms with Gasteiger partial charge in [0, 0.05) is 22.4 Å². The lowest BCUT2D eigenvalue weighted by Gasteiger charge is -2.20. The van der Waals surface area contributed by atoms with E-state index < -0.39 is 11.7 Å². The maximum atomic E-state index is 11.8. The Hall–Kier alpha value is -2.20. The molecule has 0 saturated heterocycles. The Balaban J connectivity index is 2.02. The van der Waals surface area contributed by atoms with Gasteiger partial charge < -0.3 is 10.1 Å². The highest BCUT2D eigenvalue weighted by molar-refractivity contribution is 6.30. The second-order valence-electron chi connectivity index (χ2n) is 6.63. The molecule has 0 radical (unpaired) electrons. The van der Waals surface area contributed by atoms with Crippen LogP contribution in [0.15, 0.2) is 48.5 Å². The number of carbonyl (C=O) groups is 1. The zero-order chi connectivity index (χ0) is 17.7. The van der Waals surface area contributed by atoms with Crippen molar-refractivity contribution in [2.24, 2.45) is 0 Å². The number of hydrogen-bond acceptors (Lipinski definition) is 3. The highest BCUT2D eigenvalue weighted by Crippen LogP contribution is 2.23. The van der Waals surface area contributed by atoms with E-state index in [0.717, 1.165) is 16.3 Å². The molecular weight excluding hydrogens is 324 g/mol. The standard InChI is InChI=1S/C19H23ClN2O2/c1-13(14-8-10-15(20)11-9-14)21-16-6-5-7-17(12-16)22-18(23)24-19(2,3)4/h5-13,21H,1-4H3,(H,22,23). The SMILES string of the molecule is CC(Nc1cccc(NC(=O)OC(C)(C)C)c1)c1ccc(Cl)cc1. The number of nitrogens with one attached hydrogen (secondary N) is 2. The molecule has 0 heterocycles. The van der Waals surface area contributed by atoms with E-state index >= 15 is 0 Å². The van der Waals surface area contributed by atoms with E-state index in [4.69, 9.17) is 16.3 Å². The van der Waals surface area contributed by atoms with Crippen LogP contribution in [0.4, 0.5) is 16.2 Å². The van der Waals surface area contributed by atoms with Crippen LogP contribution in [0.3, 0.4) is 0 Å². The number of halogens is 1. The molecule has 0 aliphatic rings. The second-order valence-corrected chi connectivity index (χ2v) is 7.06. The van der Waals surface area contributed by atoms with E-state index in [1.165, 1.54) is 0 Å². The predicted molar refractivity (Wildman–Crippen MR) is 99.8 cm³/mol. The van der Waals surface area contributed by atoms with Gasteiger partial charge in [0.05, 0.1) is 0 Å². The Bertz CT molecular complexity index is 693. The highest BCUT2D eigenvalue weighted by atomic mass is 35.5. The first-order valence-corrected chi connectivity index (χ1v) is 8.23. The Morgan fingerprint density at radius 3 is 2.33 bits per heavy atom. The van der Waals surface area contributed by atoms with Gasteiger partial charge in [-0.15, -0.1) is 0 Å². The lowest BCUT2D eigenvalue weighted by Crippen LogP contribution is -2.27. The van der Waals surface area contributed by atoms with Gasteiger partial charge in [-0.1, -0.05) is 29.8 Å². The summed E-state index contributed by atoms with van der Waals surface area (Å²) in [5.41, 5.74) is 2.19. The number of amides is 1. The van der Waals surface area contributed by atoms with Crippen LogP contribution < -0.4 is 10.6 Å². The fraction of sp³-hybridized carbons (Fsp3) is 0.316. The first-order valence-electron chi connectivity index (χ1n) is 7.85. The third-order valence-corrected chi connectivity index (χ3v) is 3.51. The van der Waals surface area contributed by atoms with Crippen LogP contribution in [0.5, 0.6) is 0 Å². The summed E-state index contributed by atoms with van der Waals surface area (Å²) < 4.78 is 5.26. The molecule has 1 amide bonds. The molecule has 1 unspecified atom stereocenters. The first-order chi connectivity index (χ1) is 11.2. The lowest BCUT2D eigenvalue weighted by molar-refractivity contribution is 0.0636. The topological polar surface area (TPSA) is 50.4 Å². The fourth-order valence-electron chi connectivity index (χ4n) is 2.19. The number of anilines is 2. The van der Waals surface area contributed by atoms with Crippen LogP contribution in [0, 0.1) is 0 Å². The summed E-state index contributed by atoms with van der Waals surface area (Å²) in [4.78, 5) is 11.8. The van der Waals surface area contributed by atoms with Crippen LogP contribution in [0.2, 0.25) is 5.02 Å². The smallest absolute Gasteiger partial charge is 0.412 e. The summed E-state index contributed by atoms with van der Waals surface area (Å²) >= 11 is 5.92. The Labute approximate surface area is 148 Å². The number of benzene rings is 2. The molecule has 0 bridgehead atoms. The second kappa shape index (κ2) is 7.58. The van der Waals surface area contributed by atoms with Crippen LogP contribution in [-0.4, -0.2) is 11.7 Å². The molecule has 128 valence electrons. The molecule has 5 heteroatoms. The molecular formula is C19H23ClN2O2. The van der Waals surface area contributed by atoms with Gasteiger partial charge in [-0.2, -0.15) is 0 Å². The van der Waals surface area contributed by atoms with Crippen molar-refractivity contribution in [1.29, 1.82) is 0 Å².